The van der Waals surface area contributed by atoms with Gasteiger partial charge >= 0.3 is 0 Å². The predicted octanol–water partition coefficient (Wildman–Crippen LogP) is 1.51. The lowest BCUT2D eigenvalue weighted by molar-refractivity contribution is -0.0420. The molecule has 0 spiro atoms. The molecule has 0 radical (unpaired) electrons. The molecule has 0 amide bonds. The second kappa shape index (κ2) is 6.17. The summed E-state index contributed by atoms with van der Waals surface area (Å²) in [6, 6.07) is -0.896. The van der Waals surface area contributed by atoms with Gasteiger partial charge in [0.15, 0.2) is 5.82 Å². The summed E-state index contributed by atoms with van der Waals surface area (Å²) < 4.78 is 63.3. The number of aromatic nitrogens is 2. The number of hydrogen-bond acceptors (Lipinski definition) is 6. The molecule has 126 valence electrons. The summed E-state index contributed by atoms with van der Waals surface area (Å²) in [5.74, 6) is -4.14. The third-order valence-corrected chi connectivity index (χ3v) is 5.42. The summed E-state index contributed by atoms with van der Waals surface area (Å²) >= 11 is 0. The van der Waals surface area contributed by atoms with Crippen LogP contribution in [0.25, 0.3) is 0 Å². The standard InChI is InChI=1S/C12H19F2N3O4S/c1-4-12(13,14)7-22(18,19)17-5-6-20-8(2)10(17)11-15-9(3)16-21-11/h8,10H,4-7H2,1-3H3/t8-,10+/m1/s1. The molecule has 2 atom stereocenters. The van der Waals surface area contributed by atoms with E-state index in [1.54, 1.807) is 13.8 Å². The van der Waals surface area contributed by atoms with Crippen LogP contribution in [0.5, 0.6) is 0 Å². The number of alkyl halides is 2. The van der Waals surface area contributed by atoms with Crippen LogP contribution >= 0.6 is 0 Å². The van der Waals surface area contributed by atoms with Gasteiger partial charge in [0.05, 0.1) is 12.7 Å². The Kier molecular flexibility index (Phi) is 4.83. The van der Waals surface area contributed by atoms with Crippen molar-refractivity contribution in [2.75, 3.05) is 18.9 Å². The van der Waals surface area contributed by atoms with Gasteiger partial charge < -0.3 is 9.26 Å². The van der Waals surface area contributed by atoms with E-state index < -0.39 is 40.3 Å². The van der Waals surface area contributed by atoms with Gasteiger partial charge in [0.25, 0.3) is 5.92 Å². The Morgan fingerprint density at radius 3 is 2.68 bits per heavy atom. The zero-order chi connectivity index (χ0) is 16.5. The number of halogens is 2. The van der Waals surface area contributed by atoms with Crippen LogP contribution in [0.3, 0.4) is 0 Å². The minimum Gasteiger partial charge on any atom is -0.375 e. The molecule has 1 aromatic rings. The first-order chi connectivity index (χ1) is 10.2. The van der Waals surface area contributed by atoms with Crippen molar-refractivity contribution in [1.82, 2.24) is 14.4 Å². The van der Waals surface area contributed by atoms with Gasteiger partial charge in [-0.1, -0.05) is 12.1 Å². The third kappa shape index (κ3) is 3.61. The van der Waals surface area contributed by atoms with Crippen LogP contribution in [-0.2, 0) is 14.8 Å². The summed E-state index contributed by atoms with van der Waals surface area (Å²) in [5, 5.41) is 3.62. The molecular formula is C12H19F2N3O4S. The number of hydrogen-bond donors (Lipinski definition) is 0. The maximum Gasteiger partial charge on any atom is 0.263 e. The monoisotopic (exact) mass is 339 g/mol. The number of aryl methyl sites for hydroxylation is 1. The van der Waals surface area contributed by atoms with Crippen LogP contribution in [0.2, 0.25) is 0 Å². The molecule has 1 aromatic heterocycles. The van der Waals surface area contributed by atoms with Crippen molar-refractivity contribution < 1.29 is 26.5 Å². The third-order valence-electron chi connectivity index (χ3n) is 3.51. The maximum absolute atomic E-state index is 13.5. The first kappa shape index (κ1) is 17.2. The van der Waals surface area contributed by atoms with Crippen molar-refractivity contribution in [1.29, 1.82) is 0 Å². The minimum atomic E-state index is -4.20. The van der Waals surface area contributed by atoms with Gasteiger partial charge in [-0.15, -0.1) is 0 Å². The second-order valence-electron chi connectivity index (χ2n) is 5.28. The van der Waals surface area contributed by atoms with Crippen LogP contribution in [0.1, 0.15) is 38.0 Å². The van der Waals surface area contributed by atoms with E-state index in [1.165, 1.54) is 6.92 Å². The SMILES string of the molecule is CCC(F)(F)CS(=O)(=O)N1CCO[C@H](C)[C@H]1c1nc(C)no1. The van der Waals surface area contributed by atoms with Gasteiger partial charge in [-0.05, 0) is 13.8 Å². The van der Waals surface area contributed by atoms with Crippen molar-refractivity contribution in [3.05, 3.63) is 11.7 Å². The van der Waals surface area contributed by atoms with Crippen molar-refractivity contribution in [3.63, 3.8) is 0 Å². The van der Waals surface area contributed by atoms with Gasteiger partial charge in [-0.3, -0.25) is 0 Å². The van der Waals surface area contributed by atoms with Crippen LogP contribution in [-0.4, -0.2) is 53.8 Å². The Hall–Kier alpha value is -1.13. The molecule has 0 bridgehead atoms. The fourth-order valence-electron chi connectivity index (χ4n) is 2.31. The number of rotatable bonds is 5. The van der Waals surface area contributed by atoms with Gasteiger partial charge in [0.2, 0.25) is 15.9 Å². The molecule has 0 unspecified atom stereocenters. The molecular weight excluding hydrogens is 320 g/mol. The van der Waals surface area contributed by atoms with Gasteiger partial charge in [0.1, 0.15) is 11.8 Å². The highest BCUT2D eigenvalue weighted by molar-refractivity contribution is 7.89. The van der Waals surface area contributed by atoms with Crippen LogP contribution in [0, 0.1) is 6.92 Å². The number of ether oxygens (including phenoxy) is 1. The fourth-order valence-corrected chi connectivity index (χ4v) is 4.18. The zero-order valence-electron chi connectivity index (χ0n) is 12.6. The lowest BCUT2D eigenvalue weighted by Gasteiger charge is -2.37. The average molecular weight is 339 g/mol. The molecule has 1 aliphatic heterocycles. The quantitative estimate of drug-likeness (QED) is 0.808. The molecule has 2 heterocycles. The number of nitrogens with zero attached hydrogens (tertiary/aromatic N) is 3. The van der Waals surface area contributed by atoms with Crippen molar-refractivity contribution in [2.45, 2.75) is 45.3 Å². The van der Waals surface area contributed by atoms with Crippen LogP contribution in [0.4, 0.5) is 8.78 Å². The Bertz CT molecular complexity index is 620. The Morgan fingerprint density at radius 1 is 1.45 bits per heavy atom. The lowest BCUT2D eigenvalue weighted by atomic mass is 10.1. The van der Waals surface area contributed by atoms with E-state index in [0.717, 1.165) is 4.31 Å². The molecule has 0 aliphatic carbocycles. The highest BCUT2D eigenvalue weighted by Gasteiger charge is 2.45. The zero-order valence-corrected chi connectivity index (χ0v) is 13.4. The molecule has 0 aromatic carbocycles. The summed E-state index contributed by atoms with van der Waals surface area (Å²) in [6.07, 6.45) is -1.12. The van der Waals surface area contributed by atoms with Gasteiger partial charge in [-0.25, -0.2) is 17.2 Å². The Balaban J connectivity index is 2.33. The van der Waals surface area contributed by atoms with Crippen molar-refractivity contribution >= 4 is 10.0 Å². The summed E-state index contributed by atoms with van der Waals surface area (Å²) in [7, 11) is -4.20. The smallest absolute Gasteiger partial charge is 0.263 e. The molecule has 2 rings (SSSR count). The van der Waals surface area contributed by atoms with E-state index in [0.29, 0.717) is 5.82 Å². The molecule has 22 heavy (non-hydrogen) atoms. The Morgan fingerprint density at radius 2 is 2.14 bits per heavy atom. The average Bonchev–Trinajstić information content (AvgIpc) is 2.83. The summed E-state index contributed by atoms with van der Waals surface area (Å²) in [4.78, 5) is 4.01. The summed E-state index contributed by atoms with van der Waals surface area (Å²) in [5.41, 5.74) is 0. The largest absolute Gasteiger partial charge is 0.375 e. The Labute approximate surface area is 127 Å². The predicted molar refractivity (Wildman–Crippen MR) is 72.9 cm³/mol. The van der Waals surface area contributed by atoms with E-state index in [9.17, 15) is 17.2 Å². The van der Waals surface area contributed by atoms with E-state index in [4.69, 9.17) is 9.26 Å². The number of sulfonamides is 1. The van der Waals surface area contributed by atoms with Crippen LogP contribution < -0.4 is 0 Å². The molecule has 1 fully saturated rings. The van der Waals surface area contributed by atoms with E-state index in [2.05, 4.69) is 10.1 Å². The highest BCUT2D eigenvalue weighted by Crippen LogP contribution is 2.33. The normalized spacial score (nSPS) is 24.6. The van der Waals surface area contributed by atoms with E-state index >= 15 is 0 Å². The van der Waals surface area contributed by atoms with Gasteiger partial charge in [-0.2, -0.15) is 9.29 Å². The molecule has 0 N–H and O–H groups in total. The fraction of sp³-hybridized carbons (Fsp3) is 0.833. The first-order valence-corrected chi connectivity index (χ1v) is 8.56. The topological polar surface area (TPSA) is 85.5 Å². The van der Waals surface area contributed by atoms with Crippen molar-refractivity contribution in [3.8, 4) is 0 Å². The lowest BCUT2D eigenvalue weighted by Crippen LogP contribution is -2.50. The first-order valence-electron chi connectivity index (χ1n) is 6.95. The van der Waals surface area contributed by atoms with E-state index in [-0.39, 0.29) is 19.0 Å². The summed E-state index contributed by atoms with van der Waals surface area (Å²) in [6.45, 7) is 4.58. The van der Waals surface area contributed by atoms with Crippen LogP contribution in [0.15, 0.2) is 4.52 Å². The maximum atomic E-state index is 13.5. The molecule has 1 aliphatic rings. The molecule has 10 heteroatoms. The molecule has 7 nitrogen and oxygen atoms in total. The second-order valence-corrected chi connectivity index (χ2v) is 7.20. The molecule has 0 saturated carbocycles. The van der Waals surface area contributed by atoms with Crippen molar-refractivity contribution in [2.24, 2.45) is 0 Å². The van der Waals surface area contributed by atoms with E-state index in [1.807, 2.05) is 0 Å². The molecule has 1 saturated heterocycles. The minimum absolute atomic E-state index is 0.0292. The highest BCUT2D eigenvalue weighted by atomic mass is 32.2. The number of morpholine rings is 1. The van der Waals surface area contributed by atoms with Gasteiger partial charge in [0, 0.05) is 13.0 Å².